The van der Waals surface area contributed by atoms with Gasteiger partial charge in [0.25, 0.3) is 0 Å². The maximum absolute atomic E-state index is 4.06. The molecular formula is C19H36N4S. The second-order valence-electron chi connectivity index (χ2n) is 9.42. The molecular weight excluding hydrogens is 316 g/mol. The molecule has 0 radical (unpaired) electrons. The lowest BCUT2D eigenvalue weighted by Crippen LogP contribution is -2.64. The second-order valence-corrected chi connectivity index (χ2v) is 10.8. The third-order valence-electron chi connectivity index (χ3n) is 7.31. The molecule has 0 spiro atoms. The van der Waals surface area contributed by atoms with Crippen LogP contribution in [0.5, 0.6) is 0 Å². The number of fused-ring (bicyclic) bond motifs is 3. The third-order valence-corrected chi connectivity index (χ3v) is 8.97. The van der Waals surface area contributed by atoms with Gasteiger partial charge in [0.1, 0.15) is 0 Å². The maximum Gasteiger partial charge on any atom is 0.0639 e. The van der Waals surface area contributed by atoms with Gasteiger partial charge in [-0.05, 0) is 64.0 Å². The Kier molecular flexibility index (Phi) is 4.93. The first-order valence-corrected chi connectivity index (χ1v) is 10.9. The molecule has 2 saturated heterocycles. The highest BCUT2D eigenvalue weighted by Crippen LogP contribution is 2.59. The van der Waals surface area contributed by atoms with Gasteiger partial charge in [-0.15, -0.1) is 11.8 Å². The molecule has 0 bridgehead atoms. The zero-order chi connectivity index (χ0) is 16.9. The number of hydrogen-bond acceptors (Lipinski definition) is 5. The van der Waals surface area contributed by atoms with E-state index in [1.54, 1.807) is 0 Å². The van der Waals surface area contributed by atoms with Crippen LogP contribution in [0.1, 0.15) is 52.4 Å². The lowest BCUT2D eigenvalue weighted by molar-refractivity contribution is 0.0922. The summed E-state index contributed by atoms with van der Waals surface area (Å²) in [6.45, 7) is 5.97. The standard InChI is InChI=1S/C19H36N4S/c1-19(2)10-9-14-16(19)15-17(20-11-21-18(15)24-14)22-12-5-7-13(8-6-12)23(3)4/h12-18,20-22H,5-11H2,1-4H3/t12?,13?,14?,15?,16?,17?,18-/m0/s1. The molecule has 5 heteroatoms. The molecule has 3 N–H and O–H groups in total. The number of thioether (sulfide) groups is 1. The minimum atomic E-state index is 0.497. The smallest absolute Gasteiger partial charge is 0.0639 e. The van der Waals surface area contributed by atoms with Gasteiger partial charge in [0, 0.05) is 29.9 Å². The van der Waals surface area contributed by atoms with Gasteiger partial charge in [-0.1, -0.05) is 13.8 Å². The highest BCUT2D eigenvalue weighted by Gasteiger charge is 2.57. The van der Waals surface area contributed by atoms with Gasteiger partial charge in [-0.3, -0.25) is 16.0 Å². The number of hydrogen-bond donors (Lipinski definition) is 3. The Balaban J connectivity index is 1.42. The van der Waals surface area contributed by atoms with Crippen molar-refractivity contribution < 1.29 is 0 Å². The van der Waals surface area contributed by atoms with Crippen molar-refractivity contribution in [3.8, 4) is 0 Å². The number of nitrogens with zero attached hydrogens (tertiary/aromatic N) is 1. The van der Waals surface area contributed by atoms with Crippen LogP contribution in [0.15, 0.2) is 0 Å². The average Bonchev–Trinajstić information content (AvgIpc) is 3.06. The number of nitrogens with one attached hydrogen (secondary N) is 3. The van der Waals surface area contributed by atoms with Crippen LogP contribution >= 0.6 is 11.8 Å². The molecule has 0 aromatic carbocycles. The lowest BCUT2D eigenvalue weighted by Gasteiger charge is -2.44. The Bertz CT molecular complexity index is 447. The van der Waals surface area contributed by atoms with E-state index in [2.05, 4.69) is 60.6 Å². The lowest BCUT2D eigenvalue weighted by atomic mass is 9.72. The Morgan fingerprint density at radius 2 is 1.79 bits per heavy atom. The molecule has 4 fully saturated rings. The van der Waals surface area contributed by atoms with Gasteiger partial charge in [0.05, 0.1) is 11.5 Å². The molecule has 0 aromatic rings. The predicted molar refractivity (Wildman–Crippen MR) is 103 cm³/mol. The minimum absolute atomic E-state index is 0.497. The van der Waals surface area contributed by atoms with Crippen molar-refractivity contribution in [1.82, 2.24) is 20.9 Å². The van der Waals surface area contributed by atoms with Gasteiger partial charge in [-0.2, -0.15) is 0 Å². The Hall–Kier alpha value is 0.190. The van der Waals surface area contributed by atoms with Crippen LogP contribution in [0.3, 0.4) is 0 Å². The molecule has 138 valence electrons. The second kappa shape index (κ2) is 6.73. The Morgan fingerprint density at radius 1 is 1.04 bits per heavy atom. The van der Waals surface area contributed by atoms with E-state index in [0.29, 0.717) is 23.0 Å². The minimum Gasteiger partial charge on any atom is -0.306 e. The molecule has 4 rings (SSSR count). The van der Waals surface area contributed by atoms with E-state index in [-0.39, 0.29) is 0 Å². The summed E-state index contributed by atoms with van der Waals surface area (Å²) in [4.78, 5) is 2.41. The van der Waals surface area contributed by atoms with Crippen LogP contribution in [0.2, 0.25) is 0 Å². The van der Waals surface area contributed by atoms with Crippen molar-refractivity contribution in [3.05, 3.63) is 0 Å². The molecule has 4 unspecified atom stereocenters. The van der Waals surface area contributed by atoms with Gasteiger partial charge < -0.3 is 4.90 Å². The molecule has 2 aliphatic carbocycles. The molecule has 0 amide bonds. The molecule has 24 heavy (non-hydrogen) atoms. The summed E-state index contributed by atoms with van der Waals surface area (Å²) in [5, 5.41) is 13.1. The zero-order valence-corrected chi connectivity index (χ0v) is 16.7. The third kappa shape index (κ3) is 3.16. The topological polar surface area (TPSA) is 39.3 Å². The average molecular weight is 353 g/mol. The Labute approximate surface area is 152 Å². The van der Waals surface area contributed by atoms with Gasteiger partial charge in [0.2, 0.25) is 0 Å². The molecule has 4 aliphatic rings. The van der Waals surface area contributed by atoms with Crippen LogP contribution in [0.4, 0.5) is 0 Å². The normalized spacial score (nSPS) is 47.6. The van der Waals surface area contributed by atoms with E-state index in [4.69, 9.17) is 0 Å². The van der Waals surface area contributed by atoms with Gasteiger partial charge in [-0.25, -0.2) is 0 Å². The van der Waals surface area contributed by atoms with Crippen LogP contribution < -0.4 is 16.0 Å². The molecule has 2 aliphatic heterocycles. The maximum atomic E-state index is 4.06. The van der Waals surface area contributed by atoms with Crippen molar-refractivity contribution >= 4 is 11.8 Å². The first-order chi connectivity index (χ1) is 11.5. The van der Waals surface area contributed by atoms with Crippen molar-refractivity contribution in [3.63, 3.8) is 0 Å². The summed E-state index contributed by atoms with van der Waals surface area (Å²) in [7, 11) is 4.46. The molecule has 0 aromatic heterocycles. The first kappa shape index (κ1) is 17.6. The van der Waals surface area contributed by atoms with Crippen molar-refractivity contribution in [1.29, 1.82) is 0 Å². The monoisotopic (exact) mass is 352 g/mol. The van der Waals surface area contributed by atoms with Gasteiger partial charge in [0.15, 0.2) is 0 Å². The number of rotatable bonds is 3. The van der Waals surface area contributed by atoms with E-state index in [1.165, 1.54) is 38.5 Å². The molecule has 5 atom stereocenters. The SMILES string of the molecule is CN(C)C1CCC(NC2NCN[C@H]3SC4CCC(C)(C)C4C23)CC1. The quantitative estimate of drug-likeness (QED) is 0.728. The van der Waals surface area contributed by atoms with Crippen molar-refractivity contribution in [2.45, 2.75) is 81.2 Å². The van der Waals surface area contributed by atoms with E-state index in [1.807, 2.05) is 0 Å². The molecule has 4 nitrogen and oxygen atoms in total. The van der Waals surface area contributed by atoms with E-state index in [0.717, 1.165) is 29.8 Å². The summed E-state index contributed by atoms with van der Waals surface area (Å²) in [6, 6.07) is 1.49. The van der Waals surface area contributed by atoms with Crippen LogP contribution in [-0.2, 0) is 0 Å². The van der Waals surface area contributed by atoms with E-state index >= 15 is 0 Å². The van der Waals surface area contributed by atoms with Gasteiger partial charge >= 0.3 is 0 Å². The fraction of sp³-hybridized carbons (Fsp3) is 1.00. The summed E-state index contributed by atoms with van der Waals surface area (Å²) in [6.07, 6.45) is 8.66. The zero-order valence-electron chi connectivity index (χ0n) is 15.8. The Morgan fingerprint density at radius 3 is 2.50 bits per heavy atom. The van der Waals surface area contributed by atoms with E-state index in [9.17, 15) is 0 Å². The summed E-state index contributed by atoms with van der Waals surface area (Å²) >= 11 is 2.24. The van der Waals surface area contributed by atoms with Crippen LogP contribution in [0.25, 0.3) is 0 Å². The van der Waals surface area contributed by atoms with E-state index < -0.39 is 0 Å². The highest BCUT2D eigenvalue weighted by molar-refractivity contribution is 8.00. The van der Waals surface area contributed by atoms with Crippen molar-refractivity contribution in [2.24, 2.45) is 17.3 Å². The van der Waals surface area contributed by atoms with Crippen LogP contribution in [-0.4, -0.2) is 54.5 Å². The van der Waals surface area contributed by atoms with Crippen molar-refractivity contribution in [2.75, 3.05) is 20.8 Å². The fourth-order valence-electron chi connectivity index (χ4n) is 5.91. The van der Waals surface area contributed by atoms with Crippen LogP contribution in [0, 0.1) is 17.3 Å². The molecule has 2 heterocycles. The fourth-order valence-corrected chi connectivity index (χ4v) is 7.94. The largest absolute Gasteiger partial charge is 0.306 e. The highest BCUT2D eigenvalue weighted by atomic mass is 32.2. The summed E-state index contributed by atoms with van der Waals surface area (Å²) in [5.41, 5.74) is 0.500. The summed E-state index contributed by atoms with van der Waals surface area (Å²) < 4.78 is 0. The summed E-state index contributed by atoms with van der Waals surface area (Å²) in [5.74, 6) is 1.58. The first-order valence-electron chi connectivity index (χ1n) is 10.0. The molecule has 2 saturated carbocycles. The predicted octanol–water partition coefficient (Wildman–Crippen LogP) is 2.42.